The molecule has 100 valence electrons. The molecule has 1 N–H and O–H groups in total. The molecule has 0 spiro atoms. The molecule has 1 aromatic carbocycles. The van der Waals surface area contributed by atoms with Gasteiger partial charge in [0.25, 0.3) is 0 Å². The second-order valence-corrected chi connectivity index (χ2v) is 4.49. The molecule has 0 fully saturated rings. The van der Waals surface area contributed by atoms with E-state index in [1.54, 1.807) is 18.2 Å². The molecule has 0 radical (unpaired) electrons. The van der Waals surface area contributed by atoms with E-state index >= 15 is 0 Å². The quantitative estimate of drug-likeness (QED) is 0.892. The van der Waals surface area contributed by atoms with Crippen LogP contribution >= 0.6 is 0 Å². The first-order valence-electron chi connectivity index (χ1n) is 6.29. The lowest BCUT2D eigenvalue weighted by Gasteiger charge is -2.03. The van der Waals surface area contributed by atoms with Gasteiger partial charge in [0.05, 0.1) is 11.1 Å². The number of carboxylic acid groups (broad SMARTS) is 1. The number of benzene rings is 1. The number of rotatable bonds is 5. The lowest BCUT2D eigenvalue weighted by molar-refractivity contribution is 0.0697. The van der Waals surface area contributed by atoms with Crippen molar-refractivity contribution in [3.63, 3.8) is 0 Å². The van der Waals surface area contributed by atoms with E-state index in [1.165, 1.54) is 6.07 Å². The zero-order valence-electron chi connectivity index (χ0n) is 11.0. The molecule has 0 bridgehead atoms. The Labute approximate surface area is 111 Å². The fraction of sp³-hybridized carbons (Fsp3) is 0.357. The highest BCUT2D eigenvalue weighted by Gasteiger charge is 2.18. The van der Waals surface area contributed by atoms with Crippen LogP contribution < -0.4 is 0 Å². The van der Waals surface area contributed by atoms with E-state index in [0.29, 0.717) is 11.5 Å². The molecule has 0 aliphatic carbocycles. The van der Waals surface area contributed by atoms with E-state index in [9.17, 15) is 4.79 Å². The zero-order chi connectivity index (χ0) is 13.8. The van der Waals surface area contributed by atoms with Crippen LogP contribution in [0.4, 0.5) is 0 Å². The van der Waals surface area contributed by atoms with Crippen molar-refractivity contribution in [3.8, 4) is 11.5 Å². The summed E-state index contributed by atoms with van der Waals surface area (Å²) in [5.41, 5.74) is 0.623. The Morgan fingerprint density at radius 1 is 1.37 bits per heavy atom. The lowest BCUT2D eigenvalue weighted by Crippen LogP contribution is -1.99. The maximum absolute atomic E-state index is 11.1. The summed E-state index contributed by atoms with van der Waals surface area (Å²) in [5.74, 6) is -0.00630. The molecule has 1 heterocycles. The predicted octanol–water partition coefficient (Wildman–Crippen LogP) is 3.34. The summed E-state index contributed by atoms with van der Waals surface area (Å²) in [4.78, 5) is 11.1. The van der Waals surface area contributed by atoms with Crippen molar-refractivity contribution in [3.05, 3.63) is 35.7 Å². The molecule has 5 heteroatoms. The average molecular weight is 260 g/mol. The minimum Gasteiger partial charge on any atom is -0.478 e. The van der Waals surface area contributed by atoms with Crippen molar-refractivity contribution in [1.29, 1.82) is 0 Å². The van der Waals surface area contributed by atoms with Crippen molar-refractivity contribution in [2.45, 2.75) is 32.6 Å². The van der Waals surface area contributed by atoms with Gasteiger partial charge < -0.3 is 9.52 Å². The Morgan fingerprint density at radius 2 is 2.11 bits per heavy atom. The fourth-order valence-corrected chi connectivity index (χ4v) is 1.96. The van der Waals surface area contributed by atoms with Crippen molar-refractivity contribution in [2.75, 3.05) is 0 Å². The number of hydrogen-bond donors (Lipinski definition) is 1. The molecule has 2 rings (SSSR count). The number of aromatic nitrogens is 2. The standard InChI is InChI=1S/C14H16N2O3/c1-3-6-9(2)12-15-16-13(19-12)10-7-4-5-8-11(10)14(17)18/h4-5,7-9H,3,6H2,1-2H3,(H,17,18). The summed E-state index contributed by atoms with van der Waals surface area (Å²) >= 11 is 0. The van der Waals surface area contributed by atoms with Crippen LogP contribution in [0.1, 0.15) is 48.9 Å². The number of aromatic carboxylic acids is 1. The van der Waals surface area contributed by atoms with E-state index in [2.05, 4.69) is 17.1 Å². The summed E-state index contributed by atoms with van der Waals surface area (Å²) in [7, 11) is 0. The Balaban J connectivity index is 2.35. The van der Waals surface area contributed by atoms with Crippen LogP contribution in [-0.4, -0.2) is 21.3 Å². The molecule has 0 saturated carbocycles. The van der Waals surface area contributed by atoms with Crippen LogP contribution in [0.5, 0.6) is 0 Å². The molecule has 19 heavy (non-hydrogen) atoms. The molecule has 0 aliphatic heterocycles. The number of hydrogen-bond acceptors (Lipinski definition) is 4. The van der Waals surface area contributed by atoms with Gasteiger partial charge in [-0.2, -0.15) is 0 Å². The van der Waals surface area contributed by atoms with Crippen molar-refractivity contribution in [2.24, 2.45) is 0 Å². The Bertz CT molecular complexity index is 578. The lowest BCUT2D eigenvalue weighted by atomic mass is 10.1. The number of carboxylic acids is 1. The van der Waals surface area contributed by atoms with Crippen LogP contribution in [0.2, 0.25) is 0 Å². The van der Waals surface area contributed by atoms with Gasteiger partial charge in [0.15, 0.2) is 0 Å². The van der Waals surface area contributed by atoms with Crippen LogP contribution in [0.3, 0.4) is 0 Å². The van der Waals surface area contributed by atoms with Gasteiger partial charge >= 0.3 is 5.97 Å². The van der Waals surface area contributed by atoms with Gasteiger partial charge in [0.1, 0.15) is 0 Å². The maximum atomic E-state index is 11.1. The van der Waals surface area contributed by atoms with Crippen molar-refractivity contribution in [1.82, 2.24) is 10.2 Å². The predicted molar refractivity (Wildman–Crippen MR) is 70.0 cm³/mol. The van der Waals surface area contributed by atoms with E-state index in [1.807, 2.05) is 6.92 Å². The van der Waals surface area contributed by atoms with Crippen LogP contribution in [0, 0.1) is 0 Å². The molecule has 0 amide bonds. The first kappa shape index (κ1) is 13.3. The molecule has 0 aliphatic rings. The molecule has 1 aromatic heterocycles. The average Bonchev–Trinajstić information content (AvgIpc) is 2.88. The smallest absolute Gasteiger partial charge is 0.336 e. The van der Waals surface area contributed by atoms with Crippen molar-refractivity contribution >= 4 is 5.97 Å². The first-order chi connectivity index (χ1) is 9.13. The highest BCUT2D eigenvalue weighted by atomic mass is 16.4. The van der Waals surface area contributed by atoms with Crippen LogP contribution in [0.15, 0.2) is 28.7 Å². The second kappa shape index (κ2) is 5.65. The van der Waals surface area contributed by atoms with E-state index in [-0.39, 0.29) is 17.4 Å². The summed E-state index contributed by atoms with van der Waals surface area (Å²) < 4.78 is 5.59. The fourth-order valence-electron chi connectivity index (χ4n) is 1.96. The van der Waals surface area contributed by atoms with Gasteiger partial charge in [-0.05, 0) is 18.6 Å². The summed E-state index contributed by atoms with van der Waals surface area (Å²) in [5, 5.41) is 17.1. The topological polar surface area (TPSA) is 76.2 Å². The second-order valence-electron chi connectivity index (χ2n) is 4.49. The minimum atomic E-state index is -1.00. The third-order valence-corrected chi connectivity index (χ3v) is 2.97. The minimum absolute atomic E-state index is 0.167. The summed E-state index contributed by atoms with van der Waals surface area (Å²) in [6.45, 7) is 4.11. The van der Waals surface area contributed by atoms with Gasteiger partial charge in [-0.3, -0.25) is 0 Å². The largest absolute Gasteiger partial charge is 0.478 e. The van der Waals surface area contributed by atoms with Crippen LogP contribution in [-0.2, 0) is 0 Å². The molecule has 1 unspecified atom stereocenters. The van der Waals surface area contributed by atoms with Crippen LogP contribution in [0.25, 0.3) is 11.5 Å². The summed E-state index contributed by atoms with van der Waals surface area (Å²) in [6, 6.07) is 6.62. The van der Waals surface area contributed by atoms with Gasteiger partial charge in [0, 0.05) is 5.92 Å². The zero-order valence-corrected chi connectivity index (χ0v) is 11.0. The monoisotopic (exact) mass is 260 g/mol. The Morgan fingerprint density at radius 3 is 2.79 bits per heavy atom. The molecule has 5 nitrogen and oxygen atoms in total. The highest BCUT2D eigenvalue weighted by molar-refractivity contribution is 5.94. The molecular formula is C14H16N2O3. The Hall–Kier alpha value is -2.17. The third-order valence-electron chi connectivity index (χ3n) is 2.97. The normalized spacial score (nSPS) is 12.3. The number of nitrogens with zero attached hydrogens (tertiary/aromatic N) is 2. The Kier molecular flexibility index (Phi) is 3.94. The van der Waals surface area contributed by atoms with E-state index in [0.717, 1.165) is 12.8 Å². The van der Waals surface area contributed by atoms with Crippen molar-refractivity contribution < 1.29 is 14.3 Å². The molecular weight excluding hydrogens is 244 g/mol. The molecule has 2 aromatic rings. The molecule has 0 saturated heterocycles. The first-order valence-corrected chi connectivity index (χ1v) is 6.29. The maximum Gasteiger partial charge on any atom is 0.336 e. The summed E-state index contributed by atoms with van der Waals surface area (Å²) in [6.07, 6.45) is 1.99. The number of carbonyl (C=O) groups is 1. The van der Waals surface area contributed by atoms with Gasteiger partial charge in [0.2, 0.25) is 11.8 Å². The van der Waals surface area contributed by atoms with E-state index < -0.39 is 5.97 Å². The third kappa shape index (κ3) is 2.81. The van der Waals surface area contributed by atoms with Gasteiger partial charge in [-0.15, -0.1) is 10.2 Å². The van der Waals surface area contributed by atoms with E-state index in [4.69, 9.17) is 9.52 Å². The molecule has 1 atom stereocenters. The van der Waals surface area contributed by atoms with Gasteiger partial charge in [-0.1, -0.05) is 32.4 Å². The van der Waals surface area contributed by atoms with Gasteiger partial charge in [-0.25, -0.2) is 4.79 Å². The SMILES string of the molecule is CCCC(C)c1nnc(-c2ccccc2C(=O)O)o1. The highest BCUT2D eigenvalue weighted by Crippen LogP contribution is 2.26.